The minimum absolute atomic E-state index is 0.188. The molecule has 92 valence electrons. The van der Waals surface area contributed by atoms with E-state index in [9.17, 15) is 8.42 Å². The highest BCUT2D eigenvalue weighted by Gasteiger charge is 2.13. The number of aliphatic hydroxyl groups is 1. The first-order chi connectivity index (χ1) is 7.67. The van der Waals surface area contributed by atoms with E-state index in [1.807, 2.05) is 0 Å². The molecule has 1 aromatic heterocycles. The molecule has 1 heterocycles. The van der Waals surface area contributed by atoms with Crippen molar-refractivity contribution in [3.63, 3.8) is 0 Å². The molecule has 2 N–H and O–H groups in total. The topological polar surface area (TPSA) is 66.4 Å². The molecule has 4 nitrogen and oxygen atoms in total. The highest BCUT2D eigenvalue weighted by molar-refractivity contribution is 7.99. The molecule has 0 saturated carbocycles. The highest BCUT2D eigenvalue weighted by Crippen LogP contribution is 2.15. The van der Waals surface area contributed by atoms with Crippen LogP contribution in [0.3, 0.4) is 0 Å². The molecule has 0 aliphatic rings. The van der Waals surface area contributed by atoms with Gasteiger partial charge in [-0.1, -0.05) is 6.07 Å². The lowest BCUT2D eigenvalue weighted by molar-refractivity contribution is 0.296. The minimum atomic E-state index is -3.30. The normalized spacial score (nSPS) is 11.8. The average molecular weight is 281 g/mol. The van der Waals surface area contributed by atoms with E-state index in [4.69, 9.17) is 5.11 Å². The molecule has 7 heteroatoms. The second kappa shape index (κ2) is 7.29. The molecule has 0 bridgehead atoms. The zero-order valence-electron chi connectivity index (χ0n) is 8.76. The lowest BCUT2D eigenvalue weighted by Crippen LogP contribution is -2.25. The Kier molecular flexibility index (Phi) is 6.37. The number of thioether (sulfide) groups is 1. The summed E-state index contributed by atoms with van der Waals surface area (Å²) in [5.74, 6) is 1.59. The minimum Gasteiger partial charge on any atom is -0.396 e. The molecular formula is C9H15NO3S3. The van der Waals surface area contributed by atoms with Crippen LogP contribution in [0.1, 0.15) is 6.42 Å². The van der Waals surface area contributed by atoms with Gasteiger partial charge in [0, 0.05) is 18.9 Å². The molecule has 1 aromatic rings. The zero-order valence-corrected chi connectivity index (χ0v) is 11.2. The molecule has 0 aliphatic heterocycles. The predicted molar refractivity (Wildman–Crippen MR) is 68.5 cm³/mol. The van der Waals surface area contributed by atoms with Crippen LogP contribution in [0.4, 0.5) is 0 Å². The van der Waals surface area contributed by atoms with Crippen molar-refractivity contribution in [1.82, 2.24) is 4.72 Å². The Morgan fingerprint density at radius 2 is 2.25 bits per heavy atom. The van der Waals surface area contributed by atoms with Crippen molar-refractivity contribution in [3.05, 3.63) is 17.5 Å². The van der Waals surface area contributed by atoms with Gasteiger partial charge in [-0.3, -0.25) is 0 Å². The van der Waals surface area contributed by atoms with Gasteiger partial charge in [0.05, 0.1) is 0 Å². The average Bonchev–Trinajstić information content (AvgIpc) is 2.77. The van der Waals surface area contributed by atoms with Crippen LogP contribution in [-0.2, 0) is 10.0 Å². The van der Waals surface area contributed by atoms with Crippen LogP contribution >= 0.6 is 23.1 Å². The van der Waals surface area contributed by atoms with Crippen LogP contribution in [-0.4, -0.2) is 38.2 Å². The molecule has 1 rings (SSSR count). The van der Waals surface area contributed by atoms with Crippen molar-refractivity contribution >= 4 is 33.1 Å². The second-order valence-electron chi connectivity index (χ2n) is 3.02. The fourth-order valence-electron chi connectivity index (χ4n) is 1.00. The molecule has 0 aliphatic carbocycles. The SMILES string of the molecule is O=S(=O)(NCCSCCCO)c1cccs1. The van der Waals surface area contributed by atoms with Gasteiger partial charge in [-0.25, -0.2) is 13.1 Å². The van der Waals surface area contributed by atoms with Gasteiger partial charge in [-0.05, 0) is 23.6 Å². The van der Waals surface area contributed by atoms with Crippen LogP contribution in [0, 0.1) is 0 Å². The molecule has 0 saturated heterocycles. The monoisotopic (exact) mass is 281 g/mol. The van der Waals surface area contributed by atoms with E-state index in [1.165, 1.54) is 11.3 Å². The summed E-state index contributed by atoms with van der Waals surface area (Å²) < 4.78 is 26.2. The maximum atomic E-state index is 11.6. The number of hydrogen-bond acceptors (Lipinski definition) is 5. The summed E-state index contributed by atoms with van der Waals surface area (Å²) in [7, 11) is -3.30. The highest BCUT2D eigenvalue weighted by atomic mass is 32.2. The van der Waals surface area contributed by atoms with Crippen molar-refractivity contribution in [2.45, 2.75) is 10.6 Å². The zero-order chi connectivity index (χ0) is 11.9. The first kappa shape index (κ1) is 14.0. The van der Waals surface area contributed by atoms with Crippen molar-refractivity contribution < 1.29 is 13.5 Å². The van der Waals surface area contributed by atoms with E-state index in [-0.39, 0.29) is 6.61 Å². The first-order valence-electron chi connectivity index (χ1n) is 4.88. The predicted octanol–water partition coefficient (Wildman–Crippen LogP) is 1.14. The van der Waals surface area contributed by atoms with Crippen LogP contribution in [0.25, 0.3) is 0 Å². The van der Waals surface area contributed by atoms with Crippen LogP contribution in [0.5, 0.6) is 0 Å². The molecule has 0 unspecified atom stereocenters. The first-order valence-corrected chi connectivity index (χ1v) is 8.40. The molecule has 16 heavy (non-hydrogen) atoms. The third-order valence-electron chi connectivity index (χ3n) is 1.75. The van der Waals surface area contributed by atoms with E-state index >= 15 is 0 Å². The van der Waals surface area contributed by atoms with Gasteiger partial charge in [0.15, 0.2) is 0 Å². The van der Waals surface area contributed by atoms with Crippen LogP contribution in [0.2, 0.25) is 0 Å². The lowest BCUT2D eigenvalue weighted by Gasteiger charge is -2.04. The van der Waals surface area contributed by atoms with Crippen molar-refractivity contribution in [1.29, 1.82) is 0 Å². The van der Waals surface area contributed by atoms with Gasteiger partial charge in [0.25, 0.3) is 0 Å². The molecule has 0 fully saturated rings. The van der Waals surface area contributed by atoms with E-state index in [0.717, 1.165) is 17.9 Å². The van der Waals surface area contributed by atoms with Gasteiger partial charge >= 0.3 is 0 Å². The fourth-order valence-corrected chi connectivity index (χ4v) is 3.99. The van der Waals surface area contributed by atoms with Gasteiger partial charge in [-0.15, -0.1) is 11.3 Å². The quantitative estimate of drug-likeness (QED) is 0.701. The maximum Gasteiger partial charge on any atom is 0.250 e. The molecule has 0 spiro atoms. The van der Waals surface area contributed by atoms with Gasteiger partial charge in [0.2, 0.25) is 10.0 Å². The van der Waals surface area contributed by atoms with Crippen molar-refractivity contribution in [2.24, 2.45) is 0 Å². The summed E-state index contributed by atoms with van der Waals surface area (Å²) in [6.07, 6.45) is 0.752. The third kappa shape index (κ3) is 4.84. The summed E-state index contributed by atoms with van der Waals surface area (Å²) in [5, 5.41) is 10.3. The Balaban J connectivity index is 2.22. The third-order valence-corrected chi connectivity index (χ3v) is 5.67. The van der Waals surface area contributed by atoms with Gasteiger partial charge < -0.3 is 5.11 Å². The number of aliphatic hydroxyl groups excluding tert-OH is 1. The number of rotatable bonds is 8. The van der Waals surface area contributed by atoms with E-state index in [2.05, 4.69) is 4.72 Å². The summed E-state index contributed by atoms with van der Waals surface area (Å²) >= 11 is 2.84. The van der Waals surface area contributed by atoms with Crippen LogP contribution < -0.4 is 4.72 Å². The standard InChI is InChI=1S/C9H15NO3S3/c11-5-2-6-14-8-4-10-16(12,13)9-3-1-7-15-9/h1,3,7,10-11H,2,4-6,8H2. The van der Waals surface area contributed by atoms with E-state index < -0.39 is 10.0 Å². The van der Waals surface area contributed by atoms with Crippen molar-refractivity contribution in [2.75, 3.05) is 24.7 Å². The van der Waals surface area contributed by atoms with E-state index in [0.29, 0.717) is 10.8 Å². The van der Waals surface area contributed by atoms with Gasteiger partial charge in [-0.2, -0.15) is 11.8 Å². The Hall–Kier alpha value is -0.0800. The summed E-state index contributed by atoms with van der Waals surface area (Å²) in [6.45, 7) is 0.615. The number of sulfonamides is 1. The van der Waals surface area contributed by atoms with Crippen LogP contribution in [0.15, 0.2) is 21.7 Å². The Labute approximate surface area is 104 Å². The largest absolute Gasteiger partial charge is 0.396 e. The summed E-state index contributed by atoms with van der Waals surface area (Å²) in [4.78, 5) is 0. The lowest BCUT2D eigenvalue weighted by atomic mass is 10.5. The fraction of sp³-hybridized carbons (Fsp3) is 0.556. The molecule has 0 atom stereocenters. The number of nitrogens with one attached hydrogen (secondary N) is 1. The molecule has 0 radical (unpaired) electrons. The number of thiophene rings is 1. The van der Waals surface area contributed by atoms with Crippen molar-refractivity contribution in [3.8, 4) is 0 Å². The second-order valence-corrected chi connectivity index (χ2v) is 7.19. The smallest absolute Gasteiger partial charge is 0.250 e. The number of hydrogen-bond donors (Lipinski definition) is 2. The summed E-state index contributed by atoms with van der Waals surface area (Å²) in [6, 6.07) is 3.31. The van der Waals surface area contributed by atoms with E-state index in [1.54, 1.807) is 29.3 Å². The Morgan fingerprint density at radius 1 is 1.44 bits per heavy atom. The molecule has 0 aromatic carbocycles. The maximum absolute atomic E-state index is 11.6. The molecule has 0 amide bonds. The van der Waals surface area contributed by atoms with Gasteiger partial charge in [0.1, 0.15) is 4.21 Å². The molecular weight excluding hydrogens is 266 g/mol. The Morgan fingerprint density at radius 3 is 2.88 bits per heavy atom. The Bertz CT molecular complexity index is 375. The summed E-state index contributed by atoms with van der Waals surface area (Å²) in [5.41, 5.74) is 0.